The van der Waals surface area contributed by atoms with Crippen molar-refractivity contribution < 1.29 is 22.4 Å². The third-order valence-electron chi connectivity index (χ3n) is 3.69. The number of ketones is 1. The highest BCUT2D eigenvalue weighted by molar-refractivity contribution is 7.92. The van der Waals surface area contributed by atoms with Gasteiger partial charge < -0.3 is 9.73 Å². The van der Waals surface area contributed by atoms with Gasteiger partial charge in [0.15, 0.2) is 11.5 Å². The van der Waals surface area contributed by atoms with Crippen LogP contribution in [0.2, 0.25) is 0 Å². The Bertz CT molecular complexity index is 1070. The van der Waals surface area contributed by atoms with Gasteiger partial charge >= 0.3 is 0 Å². The summed E-state index contributed by atoms with van der Waals surface area (Å²) in [6, 6.07) is 15.0. The molecule has 0 aliphatic carbocycles. The normalized spacial score (nSPS) is 11.0. The molecule has 0 saturated carbocycles. The average Bonchev–Trinajstić information content (AvgIpc) is 3.16. The molecule has 0 atom stereocenters. The first-order valence-electron chi connectivity index (χ1n) is 7.94. The maximum atomic E-state index is 12.5. The van der Waals surface area contributed by atoms with Gasteiger partial charge in [-0.3, -0.25) is 14.3 Å². The van der Waals surface area contributed by atoms with E-state index in [-0.39, 0.29) is 22.1 Å². The van der Waals surface area contributed by atoms with Crippen LogP contribution in [0.25, 0.3) is 0 Å². The number of rotatable bonds is 6. The van der Waals surface area contributed by atoms with Crippen LogP contribution in [0, 0.1) is 0 Å². The maximum Gasteiger partial charge on any atom is 0.291 e. The van der Waals surface area contributed by atoms with Crippen molar-refractivity contribution in [2.45, 2.75) is 11.8 Å². The van der Waals surface area contributed by atoms with Crippen LogP contribution < -0.4 is 10.0 Å². The highest BCUT2D eigenvalue weighted by Crippen LogP contribution is 2.20. The van der Waals surface area contributed by atoms with Crippen LogP contribution in [0.15, 0.2) is 76.2 Å². The molecule has 7 nitrogen and oxygen atoms in total. The standard InChI is InChI=1S/C19H16N2O5S/c1-13(22)14-7-9-17(10-8-14)27(24,25)21-16-5-2-4-15(12-16)20-19(23)18-6-3-11-26-18/h2-12,21H,1H3,(H,20,23). The monoisotopic (exact) mass is 384 g/mol. The van der Waals surface area contributed by atoms with Crippen LogP contribution in [0.3, 0.4) is 0 Å². The maximum absolute atomic E-state index is 12.5. The molecular weight excluding hydrogens is 368 g/mol. The SMILES string of the molecule is CC(=O)c1ccc(S(=O)(=O)Nc2cccc(NC(=O)c3ccco3)c2)cc1. The number of hydrogen-bond acceptors (Lipinski definition) is 5. The fourth-order valence-electron chi connectivity index (χ4n) is 2.34. The number of hydrogen-bond donors (Lipinski definition) is 2. The smallest absolute Gasteiger partial charge is 0.291 e. The average molecular weight is 384 g/mol. The van der Waals surface area contributed by atoms with Gasteiger partial charge in [-0.05, 0) is 49.4 Å². The van der Waals surface area contributed by atoms with Crippen molar-refractivity contribution in [3.05, 3.63) is 78.3 Å². The van der Waals surface area contributed by atoms with E-state index in [1.807, 2.05) is 0 Å². The largest absolute Gasteiger partial charge is 0.459 e. The molecule has 3 aromatic rings. The van der Waals surface area contributed by atoms with Gasteiger partial charge in [0.2, 0.25) is 0 Å². The van der Waals surface area contributed by atoms with Crippen molar-refractivity contribution in [2.75, 3.05) is 10.0 Å². The Morgan fingerprint density at radius 2 is 1.63 bits per heavy atom. The molecule has 0 unspecified atom stereocenters. The van der Waals surface area contributed by atoms with Gasteiger partial charge in [-0.25, -0.2) is 8.42 Å². The Morgan fingerprint density at radius 1 is 0.926 bits per heavy atom. The second kappa shape index (κ2) is 7.46. The number of amides is 1. The number of carbonyl (C=O) groups excluding carboxylic acids is 2. The fraction of sp³-hybridized carbons (Fsp3) is 0.0526. The van der Waals surface area contributed by atoms with Gasteiger partial charge in [0, 0.05) is 11.3 Å². The van der Waals surface area contributed by atoms with Gasteiger partial charge in [-0.15, -0.1) is 0 Å². The molecular formula is C19H16N2O5S. The molecule has 2 aromatic carbocycles. The minimum absolute atomic E-state index is 0.0255. The van der Waals surface area contributed by atoms with E-state index in [4.69, 9.17) is 4.42 Å². The van der Waals surface area contributed by atoms with Crippen molar-refractivity contribution in [3.63, 3.8) is 0 Å². The second-order valence-corrected chi connectivity index (χ2v) is 7.38. The predicted molar refractivity (Wildman–Crippen MR) is 100 cm³/mol. The Balaban J connectivity index is 1.76. The molecule has 8 heteroatoms. The zero-order valence-corrected chi connectivity index (χ0v) is 15.1. The van der Waals surface area contributed by atoms with Gasteiger partial charge in [0.25, 0.3) is 15.9 Å². The summed E-state index contributed by atoms with van der Waals surface area (Å²) in [7, 11) is -3.84. The number of furan rings is 1. The molecule has 0 spiro atoms. The summed E-state index contributed by atoms with van der Waals surface area (Å²) < 4.78 is 32.5. The summed E-state index contributed by atoms with van der Waals surface area (Å²) in [6.45, 7) is 1.41. The van der Waals surface area contributed by atoms with E-state index in [9.17, 15) is 18.0 Å². The molecule has 1 heterocycles. The van der Waals surface area contributed by atoms with E-state index in [1.165, 1.54) is 49.6 Å². The molecule has 0 fully saturated rings. The van der Waals surface area contributed by atoms with Crippen LogP contribution in [0.4, 0.5) is 11.4 Å². The molecule has 138 valence electrons. The lowest BCUT2D eigenvalue weighted by Crippen LogP contribution is -2.14. The molecule has 0 bridgehead atoms. The molecule has 3 rings (SSSR count). The Kier molecular flexibility index (Phi) is 5.09. The lowest BCUT2D eigenvalue weighted by atomic mass is 10.2. The first kappa shape index (κ1) is 18.4. The lowest BCUT2D eigenvalue weighted by Gasteiger charge is -2.10. The van der Waals surface area contributed by atoms with Crippen LogP contribution in [0.5, 0.6) is 0 Å². The quantitative estimate of drug-likeness (QED) is 0.633. The molecule has 0 radical (unpaired) electrons. The fourth-order valence-corrected chi connectivity index (χ4v) is 3.39. The Labute approximate surface area is 156 Å². The van der Waals surface area contributed by atoms with Crippen LogP contribution in [-0.2, 0) is 10.0 Å². The minimum Gasteiger partial charge on any atom is -0.459 e. The van der Waals surface area contributed by atoms with Crippen LogP contribution in [0.1, 0.15) is 27.8 Å². The van der Waals surface area contributed by atoms with Crippen LogP contribution in [-0.4, -0.2) is 20.1 Å². The zero-order valence-electron chi connectivity index (χ0n) is 14.3. The molecule has 0 aliphatic heterocycles. The second-order valence-electron chi connectivity index (χ2n) is 5.70. The third-order valence-corrected chi connectivity index (χ3v) is 5.09. The summed E-state index contributed by atoms with van der Waals surface area (Å²) >= 11 is 0. The third kappa shape index (κ3) is 4.42. The van der Waals surface area contributed by atoms with Crippen molar-refractivity contribution in [3.8, 4) is 0 Å². The zero-order chi connectivity index (χ0) is 19.4. The first-order chi connectivity index (χ1) is 12.8. The van der Waals surface area contributed by atoms with E-state index in [0.717, 1.165) is 0 Å². The van der Waals surface area contributed by atoms with Gasteiger partial charge in [0.1, 0.15) is 0 Å². The van der Waals surface area contributed by atoms with Gasteiger partial charge in [-0.1, -0.05) is 18.2 Å². The molecule has 1 aromatic heterocycles. The summed E-state index contributed by atoms with van der Waals surface area (Å²) in [6.07, 6.45) is 1.39. The molecule has 0 aliphatic rings. The van der Waals surface area contributed by atoms with E-state index in [1.54, 1.807) is 24.3 Å². The van der Waals surface area contributed by atoms with E-state index < -0.39 is 15.9 Å². The summed E-state index contributed by atoms with van der Waals surface area (Å²) in [5.74, 6) is -0.446. The first-order valence-corrected chi connectivity index (χ1v) is 9.42. The number of carbonyl (C=O) groups is 2. The Hall–Kier alpha value is -3.39. The number of benzene rings is 2. The minimum atomic E-state index is -3.84. The van der Waals surface area contributed by atoms with Gasteiger partial charge in [0.05, 0.1) is 16.8 Å². The molecule has 1 amide bonds. The number of sulfonamides is 1. The summed E-state index contributed by atoms with van der Waals surface area (Å²) in [4.78, 5) is 23.3. The van der Waals surface area contributed by atoms with Crippen molar-refractivity contribution >= 4 is 33.1 Å². The highest BCUT2D eigenvalue weighted by Gasteiger charge is 2.15. The van der Waals surface area contributed by atoms with Gasteiger partial charge in [-0.2, -0.15) is 0 Å². The topological polar surface area (TPSA) is 105 Å². The van der Waals surface area contributed by atoms with Crippen molar-refractivity contribution in [2.24, 2.45) is 0 Å². The predicted octanol–water partition coefficient (Wildman–Crippen LogP) is 3.54. The van der Waals surface area contributed by atoms with Crippen molar-refractivity contribution in [1.82, 2.24) is 0 Å². The molecule has 27 heavy (non-hydrogen) atoms. The van der Waals surface area contributed by atoms with E-state index in [0.29, 0.717) is 11.3 Å². The number of Topliss-reactive ketones (excluding diaryl/α,β-unsaturated/α-hetero) is 1. The number of anilines is 2. The van der Waals surface area contributed by atoms with E-state index in [2.05, 4.69) is 10.0 Å². The summed E-state index contributed by atoms with van der Waals surface area (Å²) in [5.41, 5.74) is 1.11. The van der Waals surface area contributed by atoms with Crippen molar-refractivity contribution in [1.29, 1.82) is 0 Å². The molecule has 2 N–H and O–H groups in total. The number of nitrogens with one attached hydrogen (secondary N) is 2. The van der Waals surface area contributed by atoms with Crippen LogP contribution >= 0.6 is 0 Å². The lowest BCUT2D eigenvalue weighted by molar-refractivity contribution is 0.0993. The highest BCUT2D eigenvalue weighted by atomic mass is 32.2. The van der Waals surface area contributed by atoms with E-state index >= 15 is 0 Å². The summed E-state index contributed by atoms with van der Waals surface area (Å²) in [5, 5.41) is 2.63. The molecule has 0 saturated heterocycles. The Morgan fingerprint density at radius 3 is 2.26 bits per heavy atom.